The fourth-order valence-electron chi connectivity index (χ4n) is 2.39. The maximum absolute atomic E-state index is 12.1. The van der Waals surface area contributed by atoms with E-state index in [2.05, 4.69) is 19.9 Å². The van der Waals surface area contributed by atoms with Gasteiger partial charge in [0.05, 0.1) is 12.0 Å². The summed E-state index contributed by atoms with van der Waals surface area (Å²) in [4.78, 5) is 14.0. The topological polar surface area (TPSA) is 44.1 Å². The minimum atomic E-state index is 0.0598. The van der Waals surface area contributed by atoms with E-state index in [-0.39, 0.29) is 23.2 Å². The molecule has 2 unspecified atom stereocenters. The van der Waals surface area contributed by atoms with E-state index >= 15 is 0 Å². The molecule has 0 spiro atoms. The van der Waals surface area contributed by atoms with Crippen LogP contribution >= 0.6 is 0 Å². The third-order valence-electron chi connectivity index (χ3n) is 3.73. The van der Waals surface area contributed by atoms with Crippen LogP contribution in [0.25, 0.3) is 0 Å². The van der Waals surface area contributed by atoms with E-state index < -0.39 is 0 Å². The van der Waals surface area contributed by atoms with E-state index in [4.69, 9.17) is 5.26 Å². The molecule has 2 atom stereocenters. The monoisotopic (exact) mass is 206 g/mol. The summed E-state index contributed by atoms with van der Waals surface area (Å²) in [5.74, 6) is 0.555. The van der Waals surface area contributed by atoms with Crippen molar-refractivity contribution in [2.45, 2.75) is 33.1 Å². The second kappa shape index (κ2) is 3.52. The first-order chi connectivity index (χ1) is 7.04. The highest BCUT2D eigenvalue weighted by atomic mass is 16.2. The van der Waals surface area contributed by atoms with E-state index in [0.29, 0.717) is 6.54 Å². The molecule has 15 heavy (non-hydrogen) atoms. The zero-order valence-electron chi connectivity index (χ0n) is 9.49. The summed E-state index contributed by atoms with van der Waals surface area (Å²) < 4.78 is 0. The van der Waals surface area contributed by atoms with E-state index in [1.807, 2.05) is 4.90 Å². The van der Waals surface area contributed by atoms with Crippen LogP contribution in [0, 0.1) is 28.6 Å². The minimum absolute atomic E-state index is 0.0598. The lowest BCUT2D eigenvalue weighted by molar-refractivity contribution is -0.134. The number of likely N-dealkylation sites (tertiary alicyclic amines) is 1. The molecule has 82 valence electrons. The van der Waals surface area contributed by atoms with Crippen molar-refractivity contribution in [3.05, 3.63) is 0 Å². The molecule has 2 fully saturated rings. The van der Waals surface area contributed by atoms with E-state index in [1.54, 1.807) is 0 Å². The highest BCUT2D eigenvalue weighted by Gasteiger charge is 2.52. The van der Waals surface area contributed by atoms with Crippen LogP contribution in [0.1, 0.15) is 33.1 Å². The Morgan fingerprint density at radius 1 is 1.53 bits per heavy atom. The first-order valence-electron chi connectivity index (χ1n) is 5.73. The smallest absolute Gasteiger partial charge is 0.226 e. The lowest BCUT2D eigenvalue weighted by Gasteiger charge is -2.30. The molecule has 0 aromatic rings. The molecule has 2 aliphatic rings. The Morgan fingerprint density at radius 3 is 2.73 bits per heavy atom. The third-order valence-corrected chi connectivity index (χ3v) is 3.73. The summed E-state index contributed by atoms with van der Waals surface area (Å²) in [5, 5.41) is 8.86. The standard InChI is InChI=1S/C12H18N2O/c1-12(2)6-10(12)11(15)14-5-3-4-9(7-13)8-14/h9-10H,3-6,8H2,1-2H3. The Bertz CT molecular complexity index is 316. The van der Waals surface area contributed by atoms with Crippen LogP contribution in [0.15, 0.2) is 0 Å². The summed E-state index contributed by atoms with van der Waals surface area (Å²) in [7, 11) is 0. The maximum Gasteiger partial charge on any atom is 0.226 e. The van der Waals surface area contributed by atoms with Gasteiger partial charge in [-0.1, -0.05) is 13.8 Å². The first-order valence-corrected chi connectivity index (χ1v) is 5.73. The molecule has 0 radical (unpaired) electrons. The number of nitriles is 1. The van der Waals surface area contributed by atoms with Gasteiger partial charge >= 0.3 is 0 Å². The summed E-state index contributed by atoms with van der Waals surface area (Å²) in [6.07, 6.45) is 2.95. The number of rotatable bonds is 1. The summed E-state index contributed by atoms with van der Waals surface area (Å²) in [6, 6.07) is 2.27. The molecule has 1 heterocycles. The van der Waals surface area contributed by atoms with Gasteiger partial charge in [-0.05, 0) is 24.7 Å². The highest BCUT2D eigenvalue weighted by Crippen LogP contribution is 2.52. The fraction of sp³-hybridized carbons (Fsp3) is 0.833. The van der Waals surface area contributed by atoms with Crippen LogP contribution in [0.3, 0.4) is 0 Å². The Morgan fingerprint density at radius 2 is 2.20 bits per heavy atom. The number of nitrogens with zero attached hydrogens (tertiary/aromatic N) is 2. The first kappa shape index (κ1) is 10.5. The molecule has 1 aliphatic carbocycles. The average Bonchev–Trinajstić information content (AvgIpc) is 2.87. The van der Waals surface area contributed by atoms with Gasteiger partial charge in [0, 0.05) is 19.0 Å². The summed E-state index contributed by atoms with van der Waals surface area (Å²) in [6.45, 7) is 5.79. The molecule has 1 amide bonds. The zero-order chi connectivity index (χ0) is 11.1. The predicted molar refractivity (Wildman–Crippen MR) is 56.8 cm³/mol. The van der Waals surface area contributed by atoms with Crippen molar-refractivity contribution in [2.24, 2.45) is 17.3 Å². The van der Waals surface area contributed by atoms with Crippen LogP contribution in [0.4, 0.5) is 0 Å². The van der Waals surface area contributed by atoms with E-state index in [1.165, 1.54) is 0 Å². The number of carbonyl (C=O) groups excluding carboxylic acids is 1. The molecule has 3 heteroatoms. The lowest BCUT2D eigenvalue weighted by Crippen LogP contribution is -2.41. The molecule has 1 saturated heterocycles. The van der Waals surface area contributed by atoms with Gasteiger partial charge in [-0.15, -0.1) is 0 Å². The quantitative estimate of drug-likeness (QED) is 0.656. The molecule has 0 bridgehead atoms. The maximum atomic E-state index is 12.1. The van der Waals surface area contributed by atoms with Crippen LogP contribution in [-0.2, 0) is 4.79 Å². The molecule has 0 aromatic carbocycles. The summed E-state index contributed by atoms with van der Waals surface area (Å²) >= 11 is 0. The van der Waals surface area contributed by atoms with E-state index in [0.717, 1.165) is 25.8 Å². The van der Waals surface area contributed by atoms with Crippen LogP contribution in [-0.4, -0.2) is 23.9 Å². The number of piperidine rings is 1. The molecule has 3 nitrogen and oxygen atoms in total. The number of hydrogen-bond acceptors (Lipinski definition) is 2. The van der Waals surface area contributed by atoms with E-state index in [9.17, 15) is 4.79 Å². The second-order valence-corrected chi connectivity index (χ2v) is 5.50. The lowest BCUT2D eigenvalue weighted by atomic mass is 9.98. The predicted octanol–water partition coefficient (Wildman–Crippen LogP) is 1.79. The van der Waals surface area contributed by atoms with Crippen molar-refractivity contribution in [1.29, 1.82) is 5.26 Å². The molecule has 1 saturated carbocycles. The van der Waals surface area contributed by atoms with Crippen molar-refractivity contribution in [1.82, 2.24) is 4.90 Å². The Hall–Kier alpha value is -1.04. The largest absolute Gasteiger partial charge is 0.341 e. The van der Waals surface area contributed by atoms with Gasteiger partial charge in [0.25, 0.3) is 0 Å². The van der Waals surface area contributed by atoms with Crippen molar-refractivity contribution in [3.63, 3.8) is 0 Å². The molecular formula is C12H18N2O. The number of hydrogen-bond donors (Lipinski definition) is 0. The van der Waals surface area contributed by atoms with Gasteiger partial charge in [-0.2, -0.15) is 5.26 Å². The Balaban J connectivity index is 1.94. The zero-order valence-corrected chi connectivity index (χ0v) is 9.49. The van der Waals surface area contributed by atoms with Crippen molar-refractivity contribution in [3.8, 4) is 6.07 Å². The van der Waals surface area contributed by atoms with Crippen molar-refractivity contribution >= 4 is 5.91 Å². The van der Waals surface area contributed by atoms with Gasteiger partial charge in [-0.3, -0.25) is 4.79 Å². The Labute approximate surface area is 91.1 Å². The third kappa shape index (κ3) is 1.99. The fourth-order valence-corrected chi connectivity index (χ4v) is 2.39. The summed E-state index contributed by atoms with van der Waals surface area (Å²) in [5.41, 5.74) is 0.205. The van der Waals surface area contributed by atoms with Gasteiger partial charge in [-0.25, -0.2) is 0 Å². The normalized spacial score (nSPS) is 33.3. The Kier molecular flexibility index (Phi) is 2.46. The molecule has 1 aliphatic heterocycles. The van der Waals surface area contributed by atoms with Crippen LogP contribution < -0.4 is 0 Å². The number of amides is 1. The van der Waals surface area contributed by atoms with Crippen LogP contribution in [0.2, 0.25) is 0 Å². The highest BCUT2D eigenvalue weighted by molar-refractivity contribution is 5.82. The van der Waals surface area contributed by atoms with Crippen molar-refractivity contribution < 1.29 is 4.79 Å². The van der Waals surface area contributed by atoms with Gasteiger partial charge in [0.15, 0.2) is 0 Å². The second-order valence-electron chi connectivity index (χ2n) is 5.50. The van der Waals surface area contributed by atoms with Crippen molar-refractivity contribution in [2.75, 3.05) is 13.1 Å². The van der Waals surface area contributed by atoms with Gasteiger partial charge in [0.1, 0.15) is 0 Å². The molecule has 0 N–H and O–H groups in total. The SMILES string of the molecule is CC1(C)CC1C(=O)N1CCCC(C#N)C1. The molecule has 2 rings (SSSR count). The minimum Gasteiger partial charge on any atom is -0.341 e. The molecular weight excluding hydrogens is 188 g/mol. The van der Waals surface area contributed by atoms with Crippen LogP contribution in [0.5, 0.6) is 0 Å². The number of carbonyl (C=O) groups is 1. The average molecular weight is 206 g/mol. The van der Waals surface area contributed by atoms with Gasteiger partial charge in [0.2, 0.25) is 5.91 Å². The van der Waals surface area contributed by atoms with Gasteiger partial charge < -0.3 is 4.90 Å². The molecule has 0 aromatic heterocycles.